The zero-order valence-corrected chi connectivity index (χ0v) is 20.9. The molecule has 0 N–H and O–H groups in total. The van der Waals surface area contributed by atoms with Crippen LogP contribution in [0.2, 0.25) is 0 Å². The highest BCUT2D eigenvalue weighted by Crippen LogP contribution is 2.33. The van der Waals surface area contributed by atoms with E-state index in [9.17, 15) is 13.2 Å². The number of hydrogen-bond acceptors (Lipinski definition) is 6. The number of nitrogens with zero attached hydrogens (tertiary/aromatic N) is 3. The summed E-state index contributed by atoms with van der Waals surface area (Å²) in [5.74, 6) is 0.680. The molecule has 0 saturated carbocycles. The Morgan fingerprint density at radius 1 is 1.18 bits per heavy atom. The molecule has 0 bridgehead atoms. The first-order chi connectivity index (χ1) is 15.6. The van der Waals surface area contributed by atoms with Crippen LogP contribution in [0, 0.1) is 0 Å². The first-order valence-electron chi connectivity index (χ1n) is 10.2. The Labute approximate surface area is 197 Å². The number of benzene rings is 2. The summed E-state index contributed by atoms with van der Waals surface area (Å²) in [5, 5.41) is 0. The molecule has 0 aliphatic carbocycles. The smallest absolute Gasteiger partial charge is 0.279 e. The highest BCUT2D eigenvalue weighted by molar-refractivity contribution is 7.89. The van der Waals surface area contributed by atoms with Crippen molar-refractivity contribution in [2.75, 3.05) is 21.3 Å². The third-order valence-corrected chi connectivity index (χ3v) is 8.29. The molecule has 0 aliphatic heterocycles. The first kappa shape index (κ1) is 24.7. The lowest BCUT2D eigenvalue weighted by Crippen LogP contribution is -2.33. The van der Waals surface area contributed by atoms with E-state index in [0.29, 0.717) is 28.4 Å². The molecule has 2 aromatic carbocycles. The van der Waals surface area contributed by atoms with E-state index in [1.807, 2.05) is 16.7 Å². The number of ether oxygens (including phenoxy) is 2. The van der Waals surface area contributed by atoms with Crippen LogP contribution in [-0.4, -0.2) is 50.5 Å². The Kier molecular flexibility index (Phi) is 7.41. The Balaban J connectivity index is 2.04. The van der Waals surface area contributed by atoms with Gasteiger partial charge >= 0.3 is 0 Å². The van der Waals surface area contributed by atoms with E-state index in [1.54, 1.807) is 34.1 Å². The number of methoxy groups -OCH3 is 2. The molecule has 33 heavy (non-hydrogen) atoms. The van der Waals surface area contributed by atoms with Gasteiger partial charge in [-0.15, -0.1) is 6.58 Å². The van der Waals surface area contributed by atoms with Gasteiger partial charge in [0.1, 0.15) is 0 Å². The molecule has 0 radical (unpaired) electrons. The van der Waals surface area contributed by atoms with Gasteiger partial charge in [0, 0.05) is 37.3 Å². The van der Waals surface area contributed by atoms with E-state index in [2.05, 4.69) is 11.6 Å². The minimum atomic E-state index is -3.63. The molecule has 3 rings (SSSR count). The number of hydrogen-bond donors (Lipinski definition) is 0. The third kappa shape index (κ3) is 4.87. The molecule has 0 fully saturated rings. The van der Waals surface area contributed by atoms with Crippen molar-refractivity contribution in [1.29, 1.82) is 0 Å². The van der Waals surface area contributed by atoms with Gasteiger partial charge in [0.25, 0.3) is 5.91 Å². The molecule has 1 heterocycles. The highest BCUT2D eigenvalue weighted by Gasteiger charge is 2.23. The molecule has 10 heteroatoms. The average Bonchev–Trinajstić information content (AvgIpc) is 3.13. The van der Waals surface area contributed by atoms with Crippen LogP contribution in [0.4, 0.5) is 0 Å². The van der Waals surface area contributed by atoms with Crippen LogP contribution < -0.4 is 14.3 Å². The average molecular weight is 490 g/mol. The van der Waals surface area contributed by atoms with Crippen LogP contribution in [0.25, 0.3) is 10.2 Å². The van der Waals surface area contributed by atoms with Crippen molar-refractivity contribution >= 4 is 37.5 Å². The van der Waals surface area contributed by atoms with Gasteiger partial charge in [-0.3, -0.25) is 4.79 Å². The van der Waals surface area contributed by atoms with Gasteiger partial charge in [-0.25, -0.2) is 8.42 Å². The molecule has 0 aliphatic rings. The number of amides is 1. The largest absolute Gasteiger partial charge is 0.493 e. The second kappa shape index (κ2) is 9.90. The van der Waals surface area contributed by atoms with Crippen molar-refractivity contribution in [1.82, 2.24) is 8.87 Å². The summed E-state index contributed by atoms with van der Waals surface area (Å²) in [5.41, 5.74) is 1.13. The molecule has 8 nitrogen and oxygen atoms in total. The van der Waals surface area contributed by atoms with Gasteiger partial charge < -0.3 is 14.0 Å². The highest BCUT2D eigenvalue weighted by atomic mass is 32.2. The predicted molar refractivity (Wildman–Crippen MR) is 130 cm³/mol. The van der Waals surface area contributed by atoms with Crippen LogP contribution in [0.1, 0.15) is 24.2 Å². The summed E-state index contributed by atoms with van der Waals surface area (Å²) in [4.78, 5) is 17.8. The predicted octanol–water partition coefficient (Wildman–Crippen LogP) is 3.68. The second-order valence-electron chi connectivity index (χ2n) is 7.52. The number of fused-ring (bicyclic) bond motifs is 1. The minimum Gasteiger partial charge on any atom is -0.493 e. The van der Waals surface area contributed by atoms with Crippen LogP contribution in [-0.2, 0) is 16.6 Å². The maximum absolute atomic E-state index is 12.9. The molecule has 176 valence electrons. The summed E-state index contributed by atoms with van der Waals surface area (Å²) >= 11 is 1.34. The summed E-state index contributed by atoms with van der Waals surface area (Å²) in [7, 11) is 1.02. The monoisotopic (exact) mass is 489 g/mol. The maximum Gasteiger partial charge on any atom is 0.279 e. The van der Waals surface area contributed by atoms with Crippen LogP contribution >= 0.6 is 11.3 Å². The standard InChI is InChI=1S/C23H27N3O5S2/c1-7-12-26-18-13-19(30-5)20(31-6)14-21(18)32-23(26)24-22(27)16-8-10-17(11-9-16)33(28,29)25(4)15(2)3/h7-11,13-15H,1,12H2,2-6H3. The molecule has 1 aromatic heterocycles. The molecular weight excluding hydrogens is 462 g/mol. The molecule has 3 aromatic rings. The van der Waals surface area contributed by atoms with Crippen molar-refractivity contribution < 1.29 is 22.7 Å². The van der Waals surface area contributed by atoms with E-state index < -0.39 is 15.9 Å². The zero-order chi connectivity index (χ0) is 24.3. The van der Waals surface area contributed by atoms with Gasteiger partial charge in [-0.1, -0.05) is 17.4 Å². The van der Waals surface area contributed by atoms with Gasteiger partial charge in [0.15, 0.2) is 16.3 Å². The van der Waals surface area contributed by atoms with Crippen molar-refractivity contribution in [3.05, 3.63) is 59.4 Å². The van der Waals surface area contributed by atoms with Crippen LogP contribution in [0.15, 0.2) is 58.9 Å². The van der Waals surface area contributed by atoms with Crippen molar-refractivity contribution in [2.45, 2.75) is 31.3 Å². The van der Waals surface area contributed by atoms with E-state index in [-0.39, 0.29) is 10.9 Å². The van der Waals surface area contributed by atoms with E-state index in [1.165, 1.54) is 47.0 Å². The maximum atomic E-state index is 12.9. The summed E-state index contributed by atoms with van der Waals surface area (Å²) < 4.78 is 40.1. The summed E-state index contributed by atoms with van der Waals surface area (Å²) in [6.45, 7) is 7.83. The fourth-order valence-electron chi connectivity index (χ4n) is 3.15. The fourth-order valence-corrected chi connectivity index (χ4v) is 5.57. The number of allylic oxidation sites excluding steroid dienone is 1. The summed E-state index contributed by atoms with van der Waals surface area (Å²) in [6, 6.07) is 9.30. The Morgan fingerprint density at radius 2 is 1.79 bits per heavy atom. The first-order valence-corrected chi connectivity index (χ1v) is 12.4. The van der Waals surface area contributed by atoms with Gasteiger partial charge in [0.2, 0.25) is 10.0 Å². The number of rotatable bonds is 8. The lowest BCUT2D eigenvalue weighted by atomic mass is 10.2. The number of carbonyl (C=O) groups excluding carboxylic acids is 1. The fraction of sp³-hybridized carbons (Fsp3) is 0.304. The van der Waals surface area contributed by atoms with E-state index >= 15 is 0 Å². The summed E-state index contributed by atoms with van der Waals surface area (Å²) in [6.07, 6.45) is 1.72. The Bertz CT molecular complexity index is 1350. The SMILES string of the molecule is C=CCn1c(=NC(=O)c2ccc(S(=O)(=O)N(C)C(C)C)cc2)sc2cc(OC)c(OC)cc21. The molecule has 1 amide bonds. The number of carbonyl (C=O) groups is 1. The third-order valence-electron chi connectivity index (χ3n) is 5.20. The second-order valence-corrected chi connectivity index (χ2v) is 10.5. The number of sulfonamides is 1. The Morgan fingerprint density at radius 3 is 2.33 bits per heavy atom. The topological polar surface area (TPSA) is 90.2 Å². The number of thiazole rings is 1. The van der Waals surface area contributed by atoms with Crippen molar-refractivity contribution in [3.8, 4) is 11.5 Å². The van der Waals surface area contributed by atoms with Gasteiger partial charge in [0.05, 0.1) is 29.3 Å². The molecule has 0 saturated heterocycles. The lowest BCUT2D eigenvalue weighted by molar-refractivity contribution is 0.0997. The number of aromatic nitrogens is 1. The lowest BCUT2D eigenvalue weighted by Gasteiger charge is -2.20. The van der Waals surface area contributed by atoms with Crippen molar-refractivity contribution in [3.63, 3.8) is 0 Å². The Hall–Kier alpha value is -2.95. The molecule has 0 unspecified atom stereocenters. The molecule has 0 spiro atoms. The van der Waals surface area contributed by atoms with Gasteiger partial charge in [-0.2, -0.15) is 9.30 Å². The van der Waals surface area contributed by atoms with E-state index in [0.717, 1.165) is 10.2 Å². The quantitative estimate of drug-likeness (QED) is 0.450. The molecular formula is C23H27N3O5S2. The zero-order valence-electron chi connectivity index (χ0n) is 19.2. The van der Waals surface area contributed by atoms with Gasteiger partial charge in [-0.05, 0) is 38.1 Å². The van der Waals surface area contributed by atoms with Crippen molar-refractivity contribution in [2.24, 2.45) is 4.99 Å². The van der Waals surface area contributed by atoms with E-state index in [4.69, 9.17) is 9.47 Å². The van der Waals surface area contributed by atoms with Crippen LogP contribution in [0.5, 0.6) is 11.5 Å². The normalized spacial score (nSPS) is 12.5. The molecule has 0 atom stereocenters. The minimum absolute atomic E-state index is 0.123. The van der Waals surface area contributed by atoms with Crippen LogP contribution in [0.3, 0.4) is 0 Å².